The summed E-state index contributed by atoms with van der Waals surface area (Å²) in [6, 6.07) is 5.58. The van der Waals surface area contributed by atoms with Crippen LogP contribution in [0.1, 0.15) is 5.56 Å². The van der Waals surface area contributed by atoms with Crippen LogP contribution in [0.5, 0.6) is 0 Å². The van der Waals surface area contributed by atoms with Gasteiger partial charge in [0.15, 0.2) is 0 Å². The number of fused-ring (bicyclic) bond motifs is 1. The molecule has 0 radical (unpaired) electrons. The molecule has 1 fully saturated rings. The number of carbonyl (C=O) groups excluding carboxylic acids is 2. The molecule has 1 saturated heterocycles. The van der Waals surface area contributed by atoms with Crippen LogP contribution >= 0.6 is 39.9 Å². The van der Waals surface area contributed by atoms with E-state index < -0.39 is 0 Å². The Bertz CT molecular complexity index is 832. The zero-order chi connectivity index (χ0) is 17.4. The zero-order valence-electron chi connectivity index (χ0n) is 12.6. The van der Waals surface area contributed by atoms with Crippen molar-refractivity contribution in [2.24, 2.45) is 0 Å². The number of thioether (sulfide) groups is 1. The van der Waals surface area contributed by atoms with Gasteiger partial charge in [0.05, 0.1) is 16.2 Å². The number of amides is 2. The molecule has 24 heavy (non-hydrogen) atoms. The minimum Gasteiger partial charge on any atom is -0.304 e. The summed E-state index contributed by atoms with van der Waals surface area (Å²) in [5.74, 6) is -0.457. The van der Waals surface area contributed by atoms with Crippen molar-refractivity contribution >= 4 is 67.3 Å². The number of rotatable bonds is 4. The smallest absolute Gasteiger partial charge is 0.267 e. The maximum absolute atomic E-state index is 12.9. The van der Waals surface area contributed by atoms with Crippen molar-refractivity contribution in [3.8, 4) is 0 Å². The third kappa shape index (κ3) is 2.66. The van der Waals surface area contributed by atoms with Crippen LogP contribution in [0, 0.1) is 0 Å². The topological polar surface area (TPSA) is 40.6 Å². The molecule has 4 nitrogen and oxygen atoms in total. The van der Waals surface area contributed by atoms with E-state index in [9.17, 15) is 9.59 Å². The van der Waals surface area contributed by atoms with E-state index in [0.717, 1.165) is 27.5 Å². The third-order valence-electron chi connectivity index (χ3n) is 3.68. The molecule has 3 rings (SSSR count). The van der Waals surface area contributed by atoms with Crippen molar-refractivity contribution in [3.05, 3.63) is 58.5 Å². The second-order valence-corrected chi connectivity index (χ2v) is 7.70. The second kappa shape index (κ2) is 6.66. The van der Waals surface area contributed by atoms with Crippen molar-refractivity contribution in [3.63, 3.8) is 0 Å². The van der Waals surface area contributed by atoms with Crippen molar-refractivity contribution < 1.29 is 9.59 Å². The summed E-state index contributed by atoms with van der Waals surface area (Å²) in [6.45, 7) is 8.06. The van der Waals surface area contributed by atoms with Gasteiger partial charge in [-0.2, -0.15) is 0 Å². The summed E-state index contributed by atoms with van der Waals surface area (Å²) in [5, 5.41) is 0. The van der Waals surface area contributed by atoms with Crippen molar-refractivity contribution in [2.45, 2.75) is 0 Å². The molecule has 0 bridgehead atoms. The van der Waals surface area contributed by atoms with E-state index in [1.165, 1.54) is 4.90 Å². The molecule has 0 saturated carbocycles. The van der Waals surface area contributed by atoms with E-state index in [-0.39, 0.29) is 11.8 Å². The number of nitrogens with zero attached hydrogens (tertiary/aromatic N) is 2. The molecular formula is C17H13BrN2O2S2. The van der Waals surface area contributed by atoms with Gasteiger partial charge in [0.25, 0.3) is 11.8 Å². The number of carbonyl (C=O) groups is 2. The largest absolute Gasteiger partial charge is 0.304 e. The van der Waals surface area contributed by atoms with Gasteiger partial charge in [0, 0.05) is 23.1 Å². The minimum atomic E-state index is -0.250. The van der Waals surface area contributed by atoms with Crippen molar-refractivity contribution in [2.75, 3.05) is 18.0 Å². The average Bonchev–Trinajstić information content (AvgIpc) is 2.96. The monoisotopic (exact) mass is 420 g/mol. The lowest BCUT2D eigenvalue weighted by atomic mass is 10.1. The van der Waals surface area contributed by atoms with Crippen LogP contribution in [-0.2, 0) is 9.59 Å². The Hall–Kier alpha value is -1.70. The quantitative estimate of drug-likeness (QED) is 0.422. The van der Waals surface area contributed by atoms with Gasteiger partial charge in [0.1, 0.15) is 4.32 Å². The molecule has 0 spiro atoms. The molecule has 1 aromatic rings. The van der Waals surface area contributed by atoms with Gasteiger partial charge in [-0.1, -0.05) is 52.1 Å². The highest BCUT2D eigenvalue weighted by atomic mass is 79.9. The molecule has 0 aromatic heterocycles. The van der Waals surface area contributed by atoms with E-state index in [4.69, 9.17) is 12.2 Å². The summed E-state index contributed by atoms with van der Waals surface area (Å²) in [4.78, 5) is 29.1. The second-order valence-electron chi connectivity index (χ2n) is 5.14. The Morgan fingerprint density at radius 2 is 1.79 bits per heavy atom. The van der Waals surface area contributed by atoms with Gasteiger partial charge in [-0.05, 0) is 18.2 Å². The predicted molar refractivity (Wildman–Crippen MR) is 106 cm³/mol. The molecule has 0 aliphatic carbocycles. The molecular weight excluding hydrogens is 408 g/mol. The maximum atomic E-state index is 12.9. The number of benzene rings is 1. The van der Waals surface area contributed by atoms with Crippen LogP contribution in [0.3, 0.4) is 0 Å². The molecule has 2 heterocycles. The minimum absolute atomic E-state index is 0.206. The van der Waals surface area contributed by atoms with Crippen LogP contribution in [0.4, 0.5) is 5.69 Å². The van der Waals surface area contributed by atoms with E-state index >= 15 is 0 Å². The molecule has 2 aliphatic rings. The first kappa shape index (κ1) is 17.1. The van der Waals surface area contributed by atoms with Crippen LogP contribution in [0.25, 0.3) is 5.57 Å². The average molecular weight is 421 g/mol. The van der Waals surface area contributed by atoms with Crippen molar-refractivity contribution in [1.29, 1.82) is 0 Å². The third-order valence-corrected chi connectivity index (χ3v) is 5.62. The summed E-state index contributed by atoms with van der Waals surface area (Å²) in [5.41, 5.74) is 1.90. The van der Waals surface area contributed by atoms with E-state index in [1.54, 1.807) is 17.1 Å². The van der Waals surface area contributed by atoms with Gasteiger partial charge in [-0.3, -0.25) is 14.5 Å². The molecule has 0 N–H and O–H groups in total. The Morgan fingerprint density at radius 3 is 2.46 bits per heavy atom. The molecule has 0 atom stereocenters. The van der Waals surface area contributed by atoms with Crippen LogP contribution < -0.4 is 4.90 Å². The standard InChI is InChI=1S/C17H13BrN2O2S2/c1-3-7-19-12-6-5-10(18)9-11(12)13(15(19)21)14-16(22)20(8-4-2)17(23)24-14/h3-6,9H,1-2,7-8H2. The Kier molecular flexibility index (Phi) is 4.76. The fraction of sp³-hybridized carbons (Fsp3) is 0.118. The number of hydrogen-bond acceptors (Lipinski definition) is 4. The highest BCUT2D eigenvalue weighted by molar-refractivity contribution is 9.10. The number of halogens is 1. The Morgan fingerprint density at radius 1 is 1.12 bits per heavy atom. The molecule has 122 valence electrons. The van der Waals surface area contributed by atoms with Gasteiger partial charge >= 0.3 is 0 Å². The van der Waals surface area contributed by atoms with Crippen LogP contribution in [0.15, 0.2) is 52.9 Å². The van der Waals surface area contributed by atoms with Gasteiger partial charge in [0.2, 0.25) is 0 Å². The van der Waals surface area contributed by atoms with E-state index in [0.29, 0.717) is 27.9 Å². The maximum Gasteiger partial charge on any atom is 0.267 e. The van der Waals surface area contributed by atoms with E-state index in [1.807, 2.05) is 18.2 Å². The zero-order valence-corrected chi connectivity index (χ0v) is 15.8. The number of thiocarbonyl (C=S) groups is 1. The lowest BCUT2D eigenvalue weighted by Crippen LogP contribution is -2.29. The summed E-state index contributed by atoms with van der Waals surface area (Å²) >= 11 is 9.87. The SMILES string of the molecule is C=CCN1C(=O)C(=C2C(=O)N(CC=C)c3ccc(Br)cc32)SC1=S. The fourth-order valence-electron chi connectivity index (χ4n) is 2.67. The number of anilines is 1. The lowest BCUT2D eigenvalue weighted by molar-refractivity contribution is -0.122. The first-order valence-electron chi connectivity index (χ1n) is 7.11. The summed E-state index contributed by atoms with van der Waals surface area (Å²) in [7, 11) is 0. The Labute approximate surface area is 158 Å². The van der Waals surface area contributed by atoms with Crippen LogP contribution in [0.2, 0.25) is 0 Å². The van der Waals surface area contributed by atoms with Gasteiger partial charge in [-0.15, -0.1) is 13.2 Å². The number of hydrogen-bond donors (Lipinski definition) is 0. The molecule has 2 amide bonds. The van der Waals surface area contributed by atoms with Gasteiger partial charge in [-0.25, -0.2) is 0 Å². The molecule has 0 unspecified atom stereocenters. The Balaban J connectivity index is 2.18. The summed E-state index contributed by atoms with van der Waals surface area (Å²) < 4.78 is 1.28. The predicted octanol–water partition coefficient (Wildman–Crippen LogP) is 3.74. The van der Waals surface area contributed by atoms with E-state index in [2.05, 4.69) is 29.1 Å². The van der Waals surface area contributed by atoms with Crippen molar-refractivity contribution in [1.82, 2.24) is 4.90 Å². The van der Waals surface area contributed by atoms with Gasteiger partial charge < -0.3 is 4.90 Å². The molecule has 1 aromatic carbocycles. The highest BCUT2D eigenvalue weighted by Gasteiger charge is 2.41. The first-order chi connectivity index (χ1) is 11.5. The summed E-state index contributed by atoms with van der Waals surface area (Å²) in [6.07, 6.45) is 3.28. The fourth-order valence-corrected chi connectivity index (χ4v) is 4.38. The lowest BCUT2D eigenvalue weighted by Gasteiger charge is -2.14. The molecule has 7 heteroatoms. The normalized spacial score (nSPS) is 20.0. The highest BCUT2D eigenvalue weighted by Crippen LogP contribution is 2.45. The molecule has 2 aliphatic heterocycles. The van der Waals surface area contributed by atoms with Crippen LogP contribution in [-0.4, -0.2) is 34.1 Å². The first-order valence-corrected chi connectivity index (χ1v) is 9.13.